The summed E-state index contributed by atoms with van der Waals surface area (Å²) in [5, 5.41) is 3.82. The van der Waals surface area contributed by atoms with Crippen LogP contribution in [0.25, 0.3) is 16.6 Å². The van der Waals surface area contributed by atoms with Crippen molar-refractivity contribution >= 4 is 11.4 Å². The molecule has 1 amide bonds. The van der Waals surface area contributed by atoms with Crippen LogP contribution in [0.5, 0.6) is 5.75 Å². The largest absolute Gasteiger partial charge is 0.496 e. The van der Waals surface area contributed by atoms with Gasteiger partial charge in [-0.25, -0.2) is 13.3 Å². The van der Waals surface area contributed by atoms with Crippen LogP contribution >= 0.6 is 0 Å². The molecule has 0 unspecified atom stereocenters. The SMILES string of the molecule is COc1cccc(F)c1-c1cn2ncc(F)c2cc1C(N)=O. The molecule has 0 aliphatic carbocycles. The Labute approximate surface area is 123 Å². The van der Waals surface area contributed by atoms with Gasteiger partial charge in [0.1, 0.15) is 17.1 Å². The summed E-state index contributed by atoms with van der Waals surface area (Å²) in [7, 11) is 1.38. The fourth-order valence-corrected chi connectivity index (χ4v) is 2.33. The average Bonchev–Trinajstić information content (AvgIpc) is 2.86. The fraction of sp³-hybridized carbons (Fsp3) is 0.0667. The second-order valence-corrected chi connectivity index (χ2v) is 4.60. The number of nitrogens with zero attached hydrogens (tertiary/aromatic N) is 2. The van der Waals surface area contributed by atoms with Gasteiger partial charge in [0, 0.05) is 11.8 Å². The Hall–Kier alpha value is -2.96. The molecule has 22 heavy (non-hydrogen) atoms. The van der Waals surface area contributed by atoms with Crippen molar-refractivity contribution in [3.63, 3.8) is 0 Å². The number of carbonyl (C=O) groups is 1. The Balaban J connectivity index is 2.40. The van der Waals surface area contributed by atoms with E-state index in [-0.39, 0.29) is 28.0 Å². The fourth-order valence-electron chi connectivity index (χ4n) is 2.33. The van der Waals surface area contributed by atoms with Crippen molar-refractivity contribution in [2.75, 3.05) is 7.11 Å². The summed E-state index contributed by atoms with van der Waals surface area (Å²) in [5.41, 5.74) is 5.65. The summed E-state index contributed by atoms with van der Waals surface area (Å²) in [6.07, 6.45) is 2.35. The molecule has 0 aliphatic heterocycles. The molecule has 0 atom stereocenters. The first-order valence-corrected chi connectivity index (χ1v) is 6.32. The summed E-state index contributed by atoms with van der Waals surface area (Å²) in [4.78, 5) is 11.7. The molecule has 1 aromatic carbocycles. The van der Waals surface area contributed by atoms with Gasteiger partial charge in [0.15, 0.2) is 5.82 Å². The summed E-state index contributed by atoms with van der Waals surface area (Å²) in [6.45, 7) is 0. The minimum Gasteiger partial charge on any atom is -0.496 e. The molecule has 0 aliphatic rings. The highest BCUT2D eigenvalue weighted by atomic mass is 19.1. The number of hydrogen-bond donors (Lipinski definition) is 1. The van der Waals surface area contributed by atoms with Crippen molar-refractivity contribution in [3.8, 4) is 16.9 Å². The number of fused-ring (bicyclic) bond motifs is 1. The number of hydrogen-bond acceptors (Lipinski definition) is 3. The number of pyridine rings is 1. The molecule has 0 saturated carbocycles. The Morgan fingerprint density at radius 1 is 1.32 bits per heavy atom. The number of halogens is 2. The first-order valence-electron chi connectivity index (χ1n) is 6.32. The van der Waals surface area contributed by atoms with Gasteiger partial charge < -0.3 is 10.5 Å². The summed E-state index contributed by atoms with van der Waals surface area (Å²) < 4.78 is 34.2. The van der Waals surface area contributed by atoms with Crippen LogP contribution in [0.15, 0.2) is 36.7 Å². The molecule has 5 nitrogen and oxygen atoms in total. The predicted molar refractivity (Wildman–Crippen MR) is 75.6 cm³/mol. The predicted octanol–water partition coefficient (Wildman–Crippen LogP) is 2.39. The molecular formula is C15H11F2N3O2. The highest BCUT2D eigenvalue weighted by Gasteiger charge is 2.20. The Morgan fingerprint density at radius 2 is 2.09 bits per heavy atom. The van der Waals surface area contributed by atoms with Crippen LogP contribution in [-0.2, 0) is 0 Å². The lowest BCUT2D eigenvalue weighted by atomic mass is 9.99. The zero-order chi connectivity index (χ0) is 15.9. The standard InChI is InChI=1S/C15H11F2N3O2/c1-22-13-4-2-3-10(16)14(13)9-7-20-12(11(17)6-19-20)5-8(9)15(18)21/h2-7H,1H3,(H2,18,21). The molecule has 0 radical (unpaired) electrons. The van der Waals surface area contributed by atoms with Crippen molar-refractivity contribution in [1.29, 1.82) is 0 Å². The number of rotatable bonds is 3. The highest BCUT2D eigenvalue weighted by molar-refractivity contribution is 6.01. The third-order valence-corrected chi connectivity index (χ3v) is 3.34. The normalized spacial score (nSPS) is 10.9. The van der Waals surface area contributed by atoms with E-state index in [0.29, 0.717) is 0 Å². The summed E-state index contributed by atoms with van der Waals surface area (Å²) in [6, 6.07) is 5.51. The molecule has 0 bridgehead atoms. The molecule has 2 N–H and O–H groups in total. The van der Waals surface area contributed by atoms with Gasteiger partial charge in [0.05, 0.1) is 24.4 Å². The number of benzene rings is 1. The number of aromatic nitrogens is 2. The van der Waals surface area contributed by atoms with Gasteiger partial charge in [-0.15, -0.1) is 0 Å². The van der Waals surface area contributed by atoms with Gasteiger partial charge >= 0.3 is 0 Å². The van der Waals surface area contributed by atoms with Gasteiger partial charge in [-0.2, -0.15) is 5.10 Å². The number of primary amides is 1. The lowest BCUT2D eigenvalue weighted by Gasteiger charge is -2.13. The van der Waals surface area contributed by atoms with Crippen LogP contribution in [-0.4, -0.2) is 22.6 Å². The maximum Gasteiger partial charge on any atom is 0.249 e. The Bertz CT molecular complexity index is 890. The van der Waals surface area contributed by atoms with E-state index in [9.17, 15) is 13.6 Å². The lowest BCUT2D eigenvalue weighted by Crippen LogP contribution is -2.14. The zero-order valence-corrected chi connectivity index (χ0v) is 11.5. The zero-order valence-electron chi connectivity index (χ0n) is 11.5. The average molecular weight is 303 g/mol. The van der Waals surface area contributed by atoms with E-state index in [1.165, 1.54) is 36.0 Å². The van der Waals surface area contributed by atoms with Crippen molar-refractivity contribution in [1.82, 2.24) is 9.61 Å². The number of carbonyl (C=O) groups excluding carboxylic acids is 1. The summed E-state index contributed by atoms with van der Waals surface area (Å²) in [5.74, 6) is -1.76. The molecule has 3 rings (SSSR count). The molecule has 2 aromatic heterocycles. The molecular weight excluding hydrogens is 292 g/mol. The van der Waals surface area contributed by atoms with Crippen molar-refractivity contribution in [3.05, 3.63) is 53.9 Å². The smallest absolute Gasteiger partial charge is 0.249 e. The second kappa shape index (κ2) is 5.10. The van der Waals surface area contributed by atoms with Crippen LogP contribution in [0.3, 0.4) is 0 Å². The van der Waals surface area contributed by atoms with Crippen LogP contribution in [0.4, 0.5) is 8.78 Å². The quantitative estimate of drug-likeness (QED) is 0.807. The number of methoxy groups -OCH3 is 1. The summed E-state index contributed by atoms with van der Waals surface area (Å²) >= 11 is 0. The van der Waals surface area contributed by atoms with Gasteiger partial charge in [-0.05, 0) is 18.2 Å². The van der Waals surface area contributed by atoms with Crippen LogP contribution in [0.2, 0.25) is 0 Å². The molecule has 2 heterocycles. The second-order valence-electron chi connectivity index (χ2n) is 4.60. The van der Waals surface area contributed by atoms with Crippen LogP contribution in [0.1, 0.15) is 10.4 Å². The van der Waals surface area contributed by atoms with Crippen molar-refractivity contribution < 1.29 is 18.3 Å². The van der Waals surface area contributed by atoms with Gasteiger partial charge in [-0.1, -0.05) is 6.07 Å². The van der Waals surface area contributed by atoms with E-state index < -0.39 is 17.5 Å². The lowest BCUT2D eigenvalue weighted by molar-refractivity contribution is 0.100. The van der Waals surface area contributed by atoms with Crippen molar-refractivity contribution in [2.24, 2.45) is 5.73 Å². The van der Waals surface area contributed by atoms with E-state index in [2.05, 4.69) is 5.10 Å². The van der Waals surface area contributed by atoms with E-state index in [1.54, 1.807) is 6.07 Å². The molecule has 0 spiro atoms. The van der Waals surface area contributed by atoms with Gasteiger partial charge in [-0.3, -0.25) is 4.79 Å². The highest BCUT2D eigenvalue weighted by Crippen LogP contribution is 2.35. The van der Waals surface area contributed by atoms with E-state index in [0.717, 1.165) is 6.20 Å². The maximum absolute atomic E-state index is 14.2. The third-order valence-electron chi connectivity index (χ3n) is 3.34. The first kappa shape index (κ1) is 14.0. The maximum atomic E-state index is 14.2. The molecule has 112 valence electrons. The monoisotopic (exact) mass is 303 g/mol. The van der Waals surface area contributed by atoms with E-state index in [4.69, 9.17) is 10.5 Å². The van der Waals surface area contributed by atoms with Crippen LogP contribution < -0.4 is 10.5 Å². The minimum atomic E-state index is -0.802. The number of nitrogens with two attached hydrogens (primary N) is 1. The van der Waals surface area contributed by atoms with Crippen LogP contribution in [0, 0.1) is 11.6 Å². The van der Waals surface area contributed by atoms with Gasteiger partial charge in [0.2, 0.25) is 5.91 Å². The molecule has 0 saturated heterocycles. The minimum absolute atomic E-state index is 0.0182. The molecule has 0 fully saturated rings. The van der Waals surface area contributed by atoms with Crippen molar-refractivity contribution in [2.45, 2.75) is 0 Å². The third kappa shape index (κ3) is 2.07. The molecule has 7 heteroatoms. The first-order chi connectivity index (χ1) is 10.5. The molecule has 3 aromatic rings. The van der Waals surface area contributed by atoms with E-state index >= 15 is 0 Å². The number of ether oxygens (including phenoxy) is 1. The Kier molecular flexibility index (Phi) is 3.25. The Morgan fingerprint density at radius 3 is 2.77 bits per heavy atom. The van der Waals surface area contributed by atoms with E-state index in [1.807, 2.05) is 0 Å². The van der Waals surface area contributed by atoms with Gasteiger partial charge in [0.25, 0.3) is 0 Å². The topological polar surface area (TPSA) is 69.6 Å². The number of amides is 1.